The molecule has 0 bridgehead atoms. The Hall–Kier alpha value is -1.22. The lowest BCUT2D eigenvalue weighted by atomic mass is 10.1. The van der Waals surface area contributed by atoms with Crippen LogP contribution in [0.4, 0.5) is 5.69 Å². The van der Waals surface area contributed by atoms with Crippen molar-refractivity contribution in [3.8, 4) is 5.75 Å². The van der Waals surface area contributed by atoms with Crippen LogP contribution < -0.4 is 10.6 Å². The molecule has 3 nitrogen and oxygen atoms in total. The summed E-state index contributed by atoms with van der Waals surface area (Å²) >= 11 is 0. The number of hydrogen-bond donors (Lipinski definition) is 2. The van der Waals surface area contributed by atoms with E-state index in [1.807, 2.05) is 19.1 Å². The van der Waals surface area contributed by atoms with E-state index in [0.29, 0.717) is 11.8 Å². The molecule has 3 heteroatoms. The van der Waals surface area contributed by atoms with Gasteiger partial charge >= 0.3 is 0 Å². The molecule has 1 aromatic rings. The van der Waals surface area contributed by atoms with Gasteiger partial charge in [0.15, 0.2) is 0 Å². The number of anilines is 1. The van der Waals surface area contributed by atoms with Crippen LogP contribution in [0.25, 0.3) is 0 Å². The number of aromatic hydroxyl groups is 1. The highest BCUT2D eigenvalue weighted by Gasteiger charge is 2.28. The van der Waals surface area contributed by atoms with Crippen molar-refractivity contribution in [2.75, 3.05) is 11.4 Å². The van der Waals surface area contributed by atoms with E-state index in [2.05, 4.69) is 17.9 Å². The molecule has 1 aliphatic rings. The predicted octanol–water partition coefficient (Wildman–Crippen LogP) is 2.79. The Labute approximate surface area is 103 Å². The van der Waals surface area contributed by atoms with Crippen LogP contribution in [0.1, 0.15) is 44.7 Å². The molecule has 0 heterocycles. The maximum atomic E-state index is 9.97. The number of nitrogens with zero attached hydrogens (tertiary/aromatic N) is 1. The summed E-state index contributed by atoms with van der Waals surface area (Å²) in [5, 5.41) is 9.97. The first kappa shape index (κ1) is 12.2. The first-order valence-corrected chi connectivity index (χ1v) is 6.48. The Kier molecular flexibility index (Phi) is 3.57. The van der Waals surface area contributed by atoms with Crippen LogP contribution in [-0.4, -0.2) is 17.7 Å². The summed E-state index contributed by atoms with van der Waals surface area (Å²) in [7, 11) is 0. The molecule has 3 N–H and O–H groups in total. The molecule has 1 unspecified atom stereocenters. The second-order valence-corrected chi connectivity index (χ2v) is 4.96. The van der Waals surface area contributed by atoms with Crippen molar-refractivity contribution in [1.29, 1.82) is 0 Å². The van der Waals surface area contributed by atoms with Crippen molar-refractivity contribution in [3.63, 3.8) is 0 Å². The summed E-state index contributed by atoms with van der Waals surface area (Å²) in [6.45, 7) is 5.13. The number of phenols is 1. The normalized spacial score (nSPS) is 16.9. The zero-order valence-electron chi connectivity index (χ0n) is 10.7. The van der Waals surface area contributed by atoms with E-state index in [1.165, 1.54) is 12.8 Å². The molecule has 1 atom stereocenters. The molecule has 2 rings (SSSR count). The number of hydrogen-bond acceptors (Lipinski definition) is 3. The highest BCUT2D eigenvalue weighted by atomic mass is 16.3. The monoisotopic (exact) mass is 234 g/mol. The molecule has 1 saturated carbocycles. The van der Waals surface area contributed by atoms with Crippen molar-refractivity contribution in [1.82, 2.24) is 0 Å². The summed E-state index contributed by atoms with van der Waals surface area (Å²) in [4.78, 5) is 2.39. The van der Waals surface area contributed by atoms with E-state index in [0.717, 1.165) is 24.2 Å². The summed E-state index contributed by atoms with van der Waals surface area (Å²) in [5.74, 6) is 0.319. The van der Waals surface area contributed by atoms with Gasteiger partial charge in [-0.25, -0.2) is 0 Å². The molecule has 17 heavy (non-hydrogen) atoms. The first-order chi connectivity index (χ1) is 8.13. The Morgan fingerprint density at radius 1 is 1.47 bits per heavy atom. The fourth-order valence-electron chi connectivity index (χ4n) is 2.25. The van der Waals surface area contributed by atoms with Gasteiger partial charge in [0.05, 0.1) is 0 Å². The molecule has 0 radical (unpaired) electrons. The van der Waals surface area contributed by atoms with Crippen LogP contribution in [0.2, 0.25) is 0 Å². The van der Waals surface area contributed by atoms with Crippen molar-refractivity contribution in [3.05, 3.63) is 23.8 Å². The summed E-state index contributed by atoms with van der Waals surface area (Å²) in [6.07, 6.45) is 3.68. The fourth-order valence-corrected chi connectivity index (χ4v) is 2.25. The number of rotatable bonds is 5. The van der Waals surface area contributed by atoms with Crippen molar-refractivity contribution in [2.24, 2.45) is 5.73 Å². The Balaban J connectivity index is 2.22. The van der Waals surface area contributed by atoms with Gasteiger partial charge in [-0.15, -0.1) is 0 Å². The van der Waals surface area contributed by atoms with Gasteiger partial charge in [0, 0.05) is 35.9 Å². The van der Waals surface area contributed by atoms with Gasteiger partial charge in [-0.1, -0.05) is 13.0 Å². The van der Waals surface area contributed by atoms with Crippen molar-refractivity contribution < 1.29 is 5.11 Å². The summed E-state index contributed by atoms with van der Waals surface area (Å²) in [5.41, 5.74) is 7.74. The van der Waals surface area contributed by atoms with Gasteiger partial charge in [-0.05, 0) is 32.3 Å². The maximum absolute atomic E-state index is 9.97. The smallest absolute Gasteiger partial charge is 0.122 e. The van der Waals surface area contributed by atoms with Gasteiger partial charge in [-0.2, -0.15) is 0 Å². The molecule has 0 amide bonds. The third kappa shape index (κ3) is 2.72. The van der Waals surface area contributed by atoms with Gasteiger partial charge < -0.3 is 15.7 Å². The highest BCUT2D eigenvalue weighted by molar-refractivity contribution is 5.55. The Morgan fingerprint density at radius 2 is 2.18 bits per heavy atom. The fraction of sp³-hybridized carbons (Fsp3) is 0.571. The molecular weight excluding hydrogens is 212 g/mol. The van der Waals surface area contributed by atoms with E-state index >= 15 is 0 Å². The summed E-state index contributed by atoms with van der Waals surface area (Å²) in [6, 6.07) is 6.43. The molecule has 0 spiro atoms. The van der Waals surface area contributed by atoms with Crippen LogP contribution in [0.3, 0.4) is 0 Å². The van der Waals surface area contributed by atoms with Gasteiger partial charge in [0.1, 0.15) is 5.75 Å². The van der Waals surface area contributed by atoms with Crippen molar-refractivity contribution in [2.45, 2.75) is 45.2 Å². The first-order valence-electron chi connectivity index (χ1n) is 6.48. The van der Waals surface area contributed by atoms with Crippen molar-refractivity contribution >= 4 is 5.69 Å². The minimum atomic E-state index is -0.121. The lowest BCUT2D eigenvalue weighted by Crippen LogP contribution is -2.26. The van der Waals surface area contributed by atoms with E-state index < -0.39 is 0 Å². The SMILES string of the molecule is CCCN(c1ccc(C(C)N)c(O)c1)C1CC1. The second-order valence-electron chi connectivity index (χ2n) is 4.96. The molecule has 1 aromatic carbocycles. The predicted molar refractivity (Wildman–Crippen MR) is 71.4 cm³/mol. The highest BCUT2D eigenvalue weighted by Crippen LogP contribution is 2.35. The second kappa shape index (κ2) is 4.96. The molecule has 0 aliphatic heterocycles. The average Bonchev–Trinajstić information content (AvgIpc) is 3.09. The number of nitrogens with two attached hydrogens (primary N) is 1. The standard InChI is InChI=1S/C14H22N2O/c1-3-8-16(11-4-5-11)12-6-7-13(10(2)15)14(17)9-12/h6-7,9-11,17H,3-5,8,15H2,1-2H3. The molecule has 0 saturated heterocycles. The lowest BCUT2D eigenvalue weighted by Gasteiger charge is -2.25. The molecule has 1 fully saturated rings. The zero-order chi connectivity index (χ0) is 12.4. The maximum Gasteiger partial charge on any atom is 0.122 e. The van der Waals surface area contributed by atoms with E-state index in [1.54, 1.807) is 0 Å². The van der Waals surface area contributed by atoms with Crippen LogP contribution in [0, 0.1) is 0 Å². The topological polar surface area (TPSA) is 49.5 Å². The molecule has 1 aliphatic carbocycles. The zero-order valence-corrected chi connectivity index (χ0v) is 10.7. The quantitative estimate of drug-likeness (QED) is 0.823. The van der Waals surface area contributed by atoms with Crippen LogP contribution in [0.15, 0.2) is 18.2 Å². The Morgan fingerprint density at radius 3 is 2.65 bits per heavy atom. The van der Waals surface area contributed by atoms with Gasteiger partial charge in [-0.3, -0.25) is 0 Å². The largest absolute Gasteiger partial charge is 0.508 e. The average molecular weight is 234 g/mol. The third-order valence-electron chi connectivity index (χ3n) is 3.29. The van der Waals surface area contributed by atoms with Gasteiger partial charge in [0.2, 0.25) is 0 Å². The third-order valence-corrected chi connectivity index (χ3v) is 3.29. The van der Waals surface area contributed by atoms with Crippen LogP contribution in [0.5, 0.6) is 5.75 Å². The number of phenolic OH excluding ortho intramolecular Hbond substituents is 1. The molecule has 0 aromatic heterocycles. The Bertz CT molecular complexity index is 386. The van der Waals surface area contributed by atoms with Crippen LogP contribution >= 0.6 is 0 Å². The minimum absolute atomic E-state index is 0.121. The minimum Gasteiger partial charge on any atom is -0.508 e. The van der Waals surface area contributed by atoms with E-state index in [9.17, 15) is 5.11 Å². The van der Waals surface area contributed by atoms with E-state index in [-0.39, 0.29) is 6.04 Å². The summed E-state index contributed by atoms with van der Waals surface area (Å²) < 4.78 is 0. The van der Waals surface area contributed by atoms with Gasteiger partial charge in [0.25, 0.3) is 0 Å². The lowest BCUT2D eigenvalue weighted by molar-refractivity contribution is 0.463. The molecular formula is C14H22N2O. The van der Waals surface area contributed by atoms with Crippen LogP contribution in [-0.2, 0) is 0 Å². The number of benzene rings is 1. The van der Waals surface area contributed by atoms with E-state index in [4.69, 9.17) is 5.73 Å². The molecule has 94 valence electrons.